The van der Waals surface area contributed by atoms with Gasteiger partial charge in [0.2, 0.25) is 11.8 Å². The molecule has 1 heterocycles. The van der Waals surface area contributed by atoms with E-state index in [2.05, 4.69) is 10.6 Å². The van der Waals surface area contributed by atoms with Gasteiger partial charge in [-0.2, -0.15) is 0 Å². The maximum atomic E-state index is 12.7. The van der Waals surface area contributed by atoms with Gasteiger partial charge in [0.15, 0.2) is 0 Å². The summed E-state index contributed by atoms with van der Waals surface area (Å²) in [4.78, 5) is 39.2. The van der Waals surface area contributed by atoms with E-state index in [1.165, 1.54) is 0 Å². The number of anilines is 2. The van der Waals surface area contributed by atoms with Crippen LogP contribution in [0, 0.1) is 5.92 Å². The van der Waals surface area contributed by atoms with Crippen molar-refractivity contribution in [2.75, 3.05) is 29.9 Å². The molecule has 0 spiro atoms. The largest absolute Gasteiger partial charge is 0.490 e. The third-order valence-corrected chi connectivity index (χ3v) is 4.71. The fourth-order valence-electron chi connectivity index (χ4n) is 3.18. The molecule has 0 radical (unpaired) electrons. The minimum atomic E-state index is -0.311. The molecule has 0 aromatic heterocycles. The van der Waals surface area contributed by atoms with E-state index in [0.29, 0.717) is 42.6 Å². The van der Waals surface area contributed by atoms with Gasteiger partial charge in [-0.3, -0.25) is 14.4 Å². The summed E-state index contributed by atoms with van der Waals surface area (Å²) in [5, 5.41) is 5.61. The van der Waals surface area contributed by atoms with Gasteiger partial charge in [0, 0.05) is 19.4 Å². The molecule has 0 aliphatic carbocycles. The molecule has 2 N–H and O–H groups in total. The fourth-order valence-corrected chi connectivity index (χ4v) is 3.18. The molecule has 0 saturated heterocycles. The van der Waals surface area contributed by atoms with Crippen molar-refractivity contribution in [1.82, 2.24) is 5.32 Å². The van der Waals surface area contributed by atoms with Gasteiger partial charge >= 0.3 is 0 Å². The lowest BCUT2D eigenvalue weighted by molar-refractivity contribution is -0.122. The molecular formula is C23H27N3O4. The van der Waals surface area contributed by atoms with Gasteiger partial charge < -0.3 is 20.3 Å². The molecule has 0 unspecified atom stereocenters. The van der Waals surface area contributed by atoms with Crippen molar-refractivity contribution in [2.45, 2.75) is 26.7 Å². The Morgan fingerprint density at radius 1 is 1.03 bits per heavy atom. The van der Waals surface area contributed by atoms with E-state index < -0.39 is 0 Å². The molecule has 7 nitrogen and oxygen atoms in total. The highest BCUT2D eigenvalue weighted by molar-refractivity contribution is 6.04. The van der Waals surface area contributed by atoms with Crippen LogP contribution < -0.4 is 20.3 Å². The Balaban J connectivity index is 1.58. The molecule has 1 aliphatic heterocycles. The number of benzene rings is 2. The zero-order valence-corrected chi connectivity index (χ0v) is 17.3. The van der Waals surface area contributed by atoms with Crippen LogP contribution in [0.15, 0.2) is 48.5 Å². The van der Waals surface area contributed by atoms with Gasteiger partial charge in [0.25, 0.3) is 5.91 Å². The molecule has 2 aromatic carbocycles. The first kappa shape index (κ1) is 21.4. The van der Waals surface area contributed by atoms with E-state index >= 15 is 0 Å². The summed E-state index contributed by atoms with van der Waals surface area (Å²) in [6, 6.07) is 14.2. The number of rotatable bonds is 7. The molecule has 30 heavy (non-hydrogen) atoms. The van der Waals surface area contributed by atoms with Gasteiger partial charge in [-0.05, 0) is 30.2 Å². The highest BCUT2D eigenvalue weighted by Gasteiger charge is 2.23. The molecule has 158 valence electrons. The number of hydrogen-bond donors (Lipinski definition) is 2. The Morgan fingerprint density at radius 2 is 1.77 bits per heavy atom. The van der Waals surface area contributed by atoms with Crippen LogP contribution in [0.5, 0.6) is 5.75 Å². The predicted octanol–water partition coefficient (Wildman–Crippen LogP) is 3.22. The number of hydrogen-bond acceptors (Lipinski definition) is 4. The smallest absolute Gasteiger partial charge is 0.253 e. The summed E-state index contributed by atoms with van der Waals surface area (Å²) in [6.45, 7) is 5.45. The molecule has 2 aromatic rings. The fraction of sp³-hybridized carbons (Fsp3) is 0.348. The molecule has 7 heteroatoms. The topological polar surface area (TPSA) is 87.7 Å². The minimum absolute atomic E-state index is 0.0281. The maximum Gasteiger partial charge on any atom is 0.253 e. The van der Waals surface area contributed by atoms with E-state index in [1.54, 1.807) is 29.2 Å². The van der Waals surface area contributed by atoms with Crippen LogP contribution in [0.25, 0.3) is 0 Å². The van der Waals surface area contributed by atoms with Crippen molar-refractivity contribution in [3.63, 3.8) is 0 Å². The van der Waals surface area contributed by atoms with Crippen LogP contribution in [0.3, 0.4) is 0 Å². The maximum absolute atomic E-state index is 12.7. The second kappa shape index (κ2) is 9.91. The molecule has 3 rings (SSSR count). The Kier molecular flexibility index (Phi) is 7.06. The van der Waals surface area contributed by atoms with Crippen molar-refractivity contribution >= 4 is 29.1 Å². The van der Waals surface area contributed by atoms with Crippen molar-refractivity contribution < 1.29 is 19.1 Å². The Labute approximate surface area is 176 Å². The van der Waals surface area contributed by atoms with E-state index in [0.717, 1.165) is 5.69 Å². The molecule has 0 atom stereocenters. The van der Waals surface area contributed by atoms with E-state index in [4.69, 9.17) is 4.74 Å². The van der Waals surface area contributed by atoms with E-state index in [-0.39, 0.29) is 30.6 Å². The van der Waals surface area contributed by atoms with Gasteiger partial charge in [-0.25, -0.2) is 0 Å². The Bertz CT molecular complexity index is 926. The number of amides is 3. The van der Waals surface area contributed by atoms with Gasteiger partial charge in [-0.1, -0.05) is 38.1 Å². The van der Waals surface area contributed by atoms with Crippen molar-refractivity contribution in [3.05, 3.63) is 54.1 Å². The van der Waals surface area contributed by atoms with Gasteiger partial charge in [-0.15, -0.1) is 0 Å². The van der Waals surface area contributed by atoms with Crippen molar-refractivity contribution in [2.24, 2.45) is 5.92 Å². The van der Waals surface area contributed by atoms with Crippen LogP contribution in [-0.2, 0) is 9.59 Å². The molecule has 0 saturated carbocycles. The third kappa shape index (κ3) is 5.37. The van der Waals surface area contributed by atoms with Crippen LogP contribution in [0.4, 0.5) is 11.4 Å². The molecule has 3 amide bonds. The number of carbonyl (C=O) groups is 3. The average Bonchev–Trinajstić information content (AvgIpc) is 2.75. The summed E-state index contributed by atoms with van der Waals surface area (Å²) < 4.78 is 5.57. The third-order valence-electron chi connectivity index (χ3n) is 4.71. The Hall–Kier alpha value is -3.35. The number of ether oxygens (including phenoxy) is 1. The highest BCUT2D eigenvalue weighted by atomic mass is 16.5. The number of fused-ring (bicyclic) bond motifs is 1. The first-order valence-electron chi connectivity index (χ1n) is 10.1. The number of nitrogens with zero attached hydrogens (tertiary/aromatic N) is 1. The minimum Gasteiger partial charge on any atom is -0.490 e. The number of para-hydroxylation sites is 3. The lowest BCUT2D eigenvalue weighted by Crippen LogP contribution is -2.38. The van der Waals surface area contributed by atoms with E-state index in [1.807, 2.05) is 38.1 Å². The van der Waals surface area contributed by atoms with Crippen LogP contribution >= 0.6 is 0 Å². The van der Waals surface area contributed by atoms with Gasteiger partial charge in [0.05, 0.1) is 23.5 Å². The van der Waals surface area contributed by atoms with Crippen molar-refractivity contribution in [1.29, 1.82) is 0 Å². The first-order chi connectivity index (χ1) is 14.5. The van der Waals surface area contributed by atoms with Gasteiger partial charge in [0.1, 0.15) is 12.4 Å². The zero-order valence-electron chi connectivity index (χ0n) is 17.3. The summed E-state index contributed by atoms with van der Waals surface area (Å²) in [5.41, 5.74) is 1.56. The predicted molar refractivity (Wildman–Crippen MR) is 116 cm³/mol. The second-order valence-electron chi connectivity index (χ2n) is 7.56. The second-order valence-corrected chi connectivity index (χ2v) is 7.56. The van der Waals surface area contributed by atoms with Crippen LogP contribution in [-0.4, -0.2) is 37.4 Å². The monoisotopic (exact) mass is 409 g/mol. The lowest BCUT2D eigenvalue weighted by Gasteiger charge is -2.29. The summed E-state index contributed by atoms with van der Waals surface area (Å²) in [6.07, 6.45) is 0.0994. The summed E-state index contributed by atoms with van der Waals surface area (Å²) >= 11 is 0. The summed E-state index contributed by atoms with van der Waals surface area (Å²) in [7, 11) is 0. The van der Waals surface area contributed by atoms with Crippen molar-refractivity contribution in [3.8, 4) is 5.75 Å². The first-order valence-corrected chi connectivity index (χ1v) is 10.1. The summed E-state index contributed by atoms with van der Waals surface area (Å²) in [5.74, 6) is 0.313. The molecule has 0 fully saturated rings. The molecular weight excluding hydrogens is 382 g/mol. The standard InChI is InChI=1S/C23H27N3O4/c1-16(2)15-24-23(29)17-7-3-4-8-18(17)25-21(27)11-12-22(28)26-13-14-30-20-10-6-5-9-19(20)26/h3-10,16H,11-15H2,1-2H3,(H,24,29)(H,25,27). The number of nitrogens with one attached hydrogen (secondary N) is 2. The van der Waals surface area contributed by atoms with Crippen LogP contribution in [0.1, 0.15) is 37.0 Å². The van der Waals surface area contributed by atoms with E-state index in [9.17, 15) is 14.4 Å². The SMILES string of the molecule is CC(C)CNC(=O)c1ccccc1NC(=O)CCC(=O)N1CCOc2ccccc21. The number of carbonyl (C=O) groups excluding carboxylic acids is 3. The highest BCUT2D eigenvalue weighted by Crippen LogP contribution is 2.31. The molecule has 0 bridgehead atoms. The zero-order chi connectivity index (χ0) is 21.5. The quantitative estimate of drug-likeness (QED) is 0.735. The normalized spacial score (nSPS) is 12.7. The lowest BCUT2D eigenvalue weighted by atomic mass is 10.1. The Morgan fingerprint density at radius 3 is 2.57 bits per heavy atom. The van der Waals surface area contributed by atoms with Crippen LogP contribution in [0.2, 0.25) is 0 Å². The average molecular weight is 409 g/mol. The molecule has 1 aliphatic rings.